The monoisotopic (exact) mass is 318 g/mol. The summed E-state index contributed by atoms with van der Waals surface area (Å²) in [4.78, 5) is 24.8. The minimum absolute atomic E-state index is 0.0404. The molecule has 0 spiro atoms. The smallest absolute Gasteiger partial charge is 0.281 e. The highest BCUT2D eigenvalue weighted by atomic mass is 35.5. The topological polar surface area (TPSA) is 49.4 Å². The maximum atomic E-state index is 11.8. The molecule has 1 aromatic rings. The Morgan fingerprint density at radius 3 is 2.58 bits per heavy atom. The first-order valence-electron chi connectivity index (χ1n) is 5.72. The van der Waals surface area contributed by atoms with Gasteiger partial charge in [-0.1, -0.05) is 35.0 Å². The Balaban J connectivity index is 1.85. The molecule has 102 valence electrons. The van der Waals surface area contributed by atoms with Crippen LogP contribution >= 0.6 is 35.0 Å². The van der Waals surface area contributed by atoms with Gasteiger partial charge in [-0.15, -0.1) is 0 Å². The molecule has 1 aliphatic rings. The van der Waals surface area contributed by atoms with E-state index in [2.05, 4.69) is 5.32 Å². The molecule has 4 nitrogen and oxygen atoms in total. The van der Waals surface area contributed by atoms with Crippen molar-refractivity contribution in [3.63, 3.8) is 0 Å². The van der Waals surface area contributed by atoms with Gasteiger partial charge < -0.3 is 10.2 Å². The lowest BCUT2D eigenvalue weighted by molar-refractivity contribution is -0.116. The summed E-state index contributed by atoms with van der Waals surface area (Å²) in [5.41, 5.74) is 0.560. The van der Waals surface area contributed by atoms with E-state index in [9.17, 15) is 9.59 Å². The number of nitrogens with zero attached hydrogens (tertiary/aromatic N) is 1. The van der Waals surface area contributed by atoms with Crippen LogP contribution in [-0.4, -0.2) is 34.9 Å². The number of carbonyl (C=O) groups is 2. The van der Waals surface area contributed by atoms with Gasteiger partial charge in [-0.05, 0) is 18.2 Å². The molecular weight excluding hydrogens is 307 g/mol. The van der Waals surface area contributed by atoms with Crippen LogP contribution in [0.15, 0.2) is 18.2 Å². The highest BCUT2D eigenvalue weighted by Gasteiger charge is 2.21. The molecule has 0 aliphatic carbocycles. The average Bonchev–Trinajstić information content (AvgIpc) is 2.71. The van der Waals surface area contributed by atoms with Gasteiger partial charge in [0.05, 0.1) is 0 Å². The van der Waals surface area contributed by atoms with Gasteiger partial charge in [-0.2, -0.15) is 0 Å². The molecule has 0 saturated carbocycles. The van der Waals surface area contributed by atoms with E-state index in [1.165, 1.54) is 11.8 Å². The number of benzene rings is 1. The first-order valence-corrected chi connectivity index (χ1v) is 7.46. The minimum Gasteiger partial charge on any atom is -0.332 e. The van der Waals surface area contributed by atoms with Crippen LogP contribution in [0.1, 0.15) is 6.42 Å². The third-order valence-electron chi connectivity index (χ3n) is 2.60. The van der Waals surface area contributed by atoms with E-state index in [-0.39, 0.29) is 17.6 Å². The largest absolute Gasteiger partial charge is 0.332 e. The summed E-state index contributed by atoms with van der Waals surface area (Å²) < 4.78 is 0. The third-order valence-corrected chi connectivity index (χ3v) is 3.93. The number of hydrogen-bond donors (Lipinski definition) is 1. The highest BCUT2D eigenvalue weighted by molar-refractivity contribution is 8.13. The zero-order valence-corrected chi connectivity index (χ0v) is 12.3. The van der Waals surface area contributed by atoms with Gasteiger partial charge in [0.25, 0.3) is 5.24 Å². The second kappa shape index (κ2) is 6.50. The van der Waals surface area contributed by atoms with E-state index >= 15 is 0 Å². The van der Waals surface area contributed by atoms with Crippen molar-refractivity contribution in [3.8, 4) is 0 Å². The van der Waals surface area contributed by atoms with Crippen LogP contribution in [0.3, 0.4) is 0 Å². The molecule has 7 heteroatoms. The van der Waals surface area contributed by atoms with E-state index < -0.39 is 0 Å². The number of amides is 2. The molecule has 0 atom stereocenters. The number of hydrogen-bond acceptors (Lipinski definition) is 3. The molecule has 1 aromatic carbocycles. The molecule has 1 heterocycles. The van der Waals surface area contributed by atoms with Crippen LogP contribution in [0.5, 0.6) is 0 Å². The molecule has 2 rings (SSSR count). The summed E-state index contributed by atoms with van der Waals surface area (Å²) in [5, 5.41) is 3.68. The standard InChI is InChI=1S/C12H12Cl2N2O2S/c13-8-5-9(14)7-10(6-8)15-11(17)1-2-16-3-4-19-12(16)18/h5-7H,1-4H2,(H,15,17). The van der Waals surface area contributed by atoms with Gasteiger partial charge in [0.2, 0.25) is 5.91 Å². The van der Waals surface area contributed by atoms with E-state index in [0.717, 1.165) is 5.75 Å². The molecule has 2 amide bonds. The van der Waals surface area contributed by atoms with Crippen LogP contribution in [0.25, 0.3) is 0 Å². The maximum Gasteiger partial charge on any atom is 0.281 e. The van der Waals surface area contributed by atoms with Crippen LogP contribution in [0.2, 0.25) is 10.0 Å². The first kappa shape index (κ1) is 14.5. The summed E-state index contributed by atoms with van der Waals surface area (Å²) >= 11 is 13.0. The molecule has 1 fully saturated rings. The van der Waals surface area contributed by atoms with E-state index in [0.29, 0.717) is 28.8 Å². The predicted octanol–water partition coefficient (Wildman–Crippen LogP) is 3.49. The van der Waals surface area contributed by atoms with E-state index in [1.807, 2.05) is 0 Å². The quantitative estimate of drug-likeness (QED) is 0.924. The van der Waals surface area contributed by atoms with Crippen LogP contribution in [0, 0.1) is 0 Å². The van der Waals surface area contributed by atoms with Crippen molar-refractivity contribution in [1.82, 2.24) is 4.90 Å². The van der Waals surface area contributed by atoms with Gasteiger partial charge in [0.15, 0.2) is 0 Å². The highest BCUT2D eigenvalue weighted by Crippen LogP contribution is 2.22. The Morgan fingerprint density at radius 1 is 1.32 bits per heavy atom. The molecule has 0 unspecified atom stereocenters. The van der Waals surface area contributed by atoms with Crippen molar-refractivity contribution in [1.29, 1.82) is 0 Å². The molecule has 19 heavy (non-hydrogen) atoms. The van der Waals surface area contributed by atoms with Crippen molar-refractivity contribution in [3.05, 3.63) is 28.2 Å². The average molecular weight is 319 g/mol. The van der Waals surface area contributed by atoms with E-state index in [1.54, 1.807) is 23.1 Å². The Labute approximate surface area is 125 Å². The van der Waals surface area contributed by atoms with E-state index in [4.69, 9.17) is 23.2 Å². The number of halogens is 2. The van der Waals surface area contributed by atoms with Crippen LogP contribution < -0.4 is 5.32 Å². The van der Waals surface area contributed by atoms with Gasteiger partial charge in [-0.25, -0.2) is 0 Å². The molecule has 1 saturated heterocycles. The van der Waals surface area contributed by atoms with Crippen molar-refractivity contribution >= 4 is 51.8 Å². The Bertz CT molecular complexity index is 490. The maximum absolute atomic E-state index is 11.8. The van der Waals surface area contributed by atoms with Crippen molar-refractivity contribution < 1.29 is 9.59 Å². The normalized spacial score (nSPS) is 14.8. The van der Waals surface area contributed by atoms with Gasteiger partial charge in [-0.3, -0.25) is 9.59 Å². The molecule has 0 bridgehead atoms. The van der Waals surface area contributed by atoms with Gasteiger partial charge in [0.1, 0.15) is 0 Å². The number of rotatable bonds is 4. The zero-order chi connectivity index (χ0) is 13.8. The SMILES string of the molecule is O=C(CCN1CCSC1=O)Nc1cc(Cl)cc(Cl)c1. The third kappa shape index (κ3) is 4.30. The summed E-state index contributed by atoms with van der Waals surface area (Å²) in [6.45, 7) is 1.14. The fourth-order valence-electron chi connectivity index (χ4n) is 1.71. The minimum atomic E-state index is -0.164. The Hall–Kier alpha value is -0.910. The summed E-state index contributed by atoms with van der Waals surface area (Å²) in [6.07, 6.45) is 0.260. The Kier molecular flexibility index (Phi) is 4.96. The predicted molar refractivity (Wildman–Crippen MR) is 79.1 cm³/mol. The second-order valence-corrected chi connectivity index (χ2v) is 5.98. The lowest BCUT2D eigenvalue weighted by Crippen LogP contribution is -2.27. The summed E-state index contributed by atoms with van der Waals surface area (Å²) in [7, 11) is 0. The number of nitrogens with one attached hydrogen (secondary N) is 1. The summed E-state index contributed by atoms with van der Waals surface area (Å²) in [5.74, 6) is 0.632. The van der Waals surface area contributed by atoms with Gasteiger partial charge >= 0.3 is 0 Å². The zero-order valence-electron chi connectivity index (χ0n) is 9.99. The number of thioether (sulfide) groups is 1. The first-order chi connectivity index (χ1) is 9.04. The van der Waals surface area contributed by atoms with Gasteiger partial charge in [0, 0.05) is 41.0 Å². The van der Waals surface area contributed by atoms with Crippen molar-refractivity contribution in [2.45, 2.75) is 6.42 Å². The second-order valence-electron chi connectivity index (χ2n) is 4.06. The molecular formula is C12H12Cl2N2O2S. The molecule has 1 N–H and O–H groups in total. The van der Waals surface area contributed by atoms with Crippen molar-refractivity contribution in [2.75, 3.05) is 24.2 Å². The Morgan fingerprint density at radius 2 is 2.00 bits per heavy atom. The lowest BCUT2D eigenvalue weighted by atomic mass is 10.3. The number of anilines is 1. The molecule has 1 aliphatic heterocycles. The fraction of sp³-hybridized carbons (Fsp3) is 0.333. The summed E-state index contributed by atoms with van der Waals surface area (Å²) in [6, 6.07) is 4.85. The molecule has 0 aromatic heterocycles. The van der Waals surface area contributed by atoms with Crippen LogP contribution in [0.4, 0.5) is 10.5 Å². The van der Waals surface area contributed by atoms with Crippen molar-refractivity contribution in [2.24, 2.45) is 0 Å². The number of carbonyl (C=O) groups excluding carboxylic acids is 2. The van der Waals surface area contributed by atoms with Crippen LogP contribution in [-0.2, 0) is 4.79 Å². The lowest BCUT2D eigenvalue weighted by Gasteiger charge is -2.14. The molecule has 0 radical (unpaired) electrons. The fourth-order valence-corrected chi connectivity index (χ4v) is 3.09.